The summed E-state index contributed by atoms with van der Waals surface area (Å²) in [5.74, 6) is 0.253. The van der Waals surface area contributed by atoms with Crippen molar-refractivity contribution in [3.8, 4) is 0 Å². The van der Waals surface area contributed by atoms with Crippen LogP contribution in [0.3, 0.4) is 0 Å². The Morgan fingerprint density at radius 1 is 1.40 bits per heavy atom. The summed E-state index contributed by atoms with van der Waals surface area (Å²) in [6, 6.07) is 0. The van der Waals surface area contributed by atoms with E-state index in [2.05, 4.69) is 24.7 Å². The number of nitrogen functional groups attached to an aromatic ring is 1. The lowest BCUT2D eigenvalue weighted by Gasteiger charge is -2.17. The van der Waals surface area contributed by atoms with Gasteiger partial charge in [0.15, 0.2) is 17.7 Å². The van der Waals surface area contributed by atoms with Crippen molar-refractivity contribution in [2.45, 2.75) is 24.9 Å². The Bertz CT molecular complexity index is 605. The largest absolute Gasteiger partial charge is 0.382 e. The number of ether oxygens (including phenoxy) is 1. The van der Waals surface area contributed by atoms with E-state index in [0.29, 0.717) is 17.6 Å². The Morgan fingerprint density at radius 3 is 3.00 bits per heavy atom. The summed E-state index contributed by atoms with van der Waals surface area (Å²) in [4.78, 5) is 20.5. The maximum Gasteiger partial charge on any atom is 0.167 e. The van der Waals surface area contributed by atoms with E-state index in [1.807, 2.05) is 0 Å². The molecular weight excluding hydrogens is 270 g/mol. The van der Waals surface area contributed by atoms with Gasteiger partial charge in [-0.1, -0.05) is 0 Å². The summed E-state index contributed by atoms with van der Waals surface area (Å²) < 4.78 is 7.24. The van der Waals surface area contributed by atoms with Crippen molar-refractivity contribution in [1.29, 1.82) is 0 Å². The second kappa shape index (κ2) is 5.26. The molecule has 0 aliphatic carbocycles. The SMILES string of the molecule is Nc1ncnc2c1ncn2C1OC(COO)CC1OO. The van der Waals surface area contributed by atoms with E-state index in [4.69, 9.17) is 21.0 Å². The zero-order valence-corrected chi connectivity index (χ0v) is 10.3. The van der Waals surface area contributed by atoms with Crippen molar-refractivity contribution < 1.29 is 25.0 Å². The Kier molecular flexibility index (Phi) is 3.46. The molecule has 1 saturated heterocycles. The Balaban J connectivity index is 1.95. The Hall–Kier alpha value is -1.85. The third kappa shape index (κ3) is 2.09. The molecule has 0 saturated carbocycles. The number of fused-ring (bicyclic) bond motifs is 1. The average Bonchev–Trinajstić information content (AvgIpc) is 3.03. The van der Waals surface area contributed by atoms with Crippen LogP contribution in [0.15, 0.2) is 12.7 Å². The molecule has 2 aromatic rings. The molecule has 0 amide bonds. The van der Waals surface area contributed by atoms with Gasteiger partial charge in [-0.2, -0.15) is 0 Å². The highest BCUT2D eigenvalue weighted by Gasteiger charge is 2.39. The molecule has 10 nitrogen and oxygen atoms in total. The minimum absolute atomic E-state index is 0.0277. The molecule has 1 fully saturated rings. The second-order valence-corrected chi connectivity index (χ2v) is 4.41. The second-order valence-electron chi connectivity index (χ2n) is 4.41. The minimum Gasteiger partial charge on any atom is -0.382 e. The quantitative estimate of drug-likeness (QED) is 0.524. The maximum atomic E-state index is 8.97. The molecule has 20 heavy (non-hydrogen) atoms. The third-order valence-electron chi connectivity index (χ3n) is 3.20. The van der Waals surface area contributed by atoms with Gasteiger partial charge in [-0.25, -0.2) is 24.7 Å². The van der Waals surface area contributed by atoms with Gasteiger partial charge >= 0.3 is 0 Å². The first-order valence-electron chi connectivity index (χ1n) is 5.89. The van der Waals surface area contributed by atoms with Crippen LogP contribution in [0.5, 0.6) is 0 Å². The number of aromatic nitrogens is 4. The molecule has 0 bridgehead atoms. The van der Waals surface area contributed by atoms with Crippen LogP contribution in [0.1, 0.15) is 12.6 Å². The highest BCUT2D eigenvalue weighted by atomic mass is 17.1. The molecule has 0 radical (unpaired) electrons. The van der Waals surface area contributed by atoms with E-state index in [1.165, 1.54) is 12.7 Å². The molecule has 3 atom stereocenters. The summed E-state index contributed by atoms with van der Waals surface area (Å²) in [6.45, 7) is -0.0277. The summed E-state index contributed by atoms with van der Waals surface area (Å²) in [5, 5.41) is 17.4. The lowest BCUT2D eigenvalue weighted by molar-refractivity contribution is -0.293. The highest BCUT2D eigenvalue weighted by Crippen LogP contribution is 2.33. The van der Waals surface area contributed by atoms with Crippen LogP contribution in [0.2, 0.25) is 0 Å². The zero-order chi connectivity index (χ0) is 14.1. The van der Waals surface area contributed by atoms with Gasteiger partial charge in [0.1, 0.15) is 24.6 Å². The standard InChI is InChI=1S/C10H13N5O5/c11-8-7-9(13-3-12-8)15(4-14-7)10-6(20-17)1-5(19-10)2-18-16/h3-6,10,16-17H,1-2H2,(H2,11,12,13). The first-order valence-corrected chi connectivity index (χ1v) is 5.89. The number of hydrogen-bond acceptors (Lipinski definition) is 9. The smallest absolute Gasteiger partial charge is 0.167 e. The summed E-state index contributed by atoms with van der Waals surface area (Å²) in [7, 11) is 0. The van der Waals surface area contributed by atoms with Crippen molar-refractivity contribution in [3.63, 3.8) is 0 Å². The van der Waals surface area contributed by atoms with Crippen LogP contribution < -0.4 is 5.73 Å². The van der Waals surface area contributed by atoms with Crippen LogP contribution in [0.25, 0.3) is 11.2 Å². The number of rotatable bonds is 4. The van der Waals surface area contributed by atoms with Gasteiger partial charge in [0.2, 0.25) is 0 Å². The monoisotopic (exact) mass is 283 g/mol. The van der Waals surface area contributed by atoms with E-state index in [-0.39, 0.29) is 12.4 Å². The number of imidazole rings is 1. The van der Waals surface area contributed by atoms with Crippen LogP contribution in [0, 0.1) is 0 Å². The lowest BCUT2D eigenvalue weighted by Crippen LogP contribution is -2.21. The predicted molar refractivity (Wildman–Crippen MR) is 64.3 cm³/mol. The summed E-state index contributed by atoms with van der Waals surface area (Å²) in [6.07, 6.45) is 1.44. The maximum absolute atomic E-state index is 8.97. The molecule has 10 heteroatoms. The van der Waals surface area contributed by atoms with E-state index >= 15 is 0 Å². The van der Waals surface area contributed by atoms with Crippen LogP contribution >= 0.6 is 0 Å². The van der Waals surface area contributed by atoms with Gasteiger partial charge in [-0.15, -0.1) is 0 Å². The summed E-state index contributed by atoms with van der Waals surface area (Å²) in [5.41, 5.74) is 6.62. The molecule has 0 spiro atoms. The number of nitrogens with two attached hydrogens (primary N) is 1. The number of anilines is 1. The molecule has 3 unspecified atom stereocenters. The van der Waals surface area contributed by atoms with Crippen LogP contribution in [0.4, 0.5) is 5.82 Å². The van der Waals surface area contributed by atoms with Crippen LogP contribution in [-0.2, 0) is 14.5 Å². The first kappa shape index (κ1) is 13.1. The third-order valence-corrected chi connectivity index (χ3v) is 3.20. The average molecular weight is 283 g/mol. The van der Waals surface area contributed by atoms with E-state index in [0.717, 1.165) is 0 Å². The lowest BCUT2D eigenvalue weighted by atomic mass is 10.2. The fourth-order valence-corrected chi connectivity index (χ4v) is 2.30. The fraction of sp³-hybridized carbons (Fsp3) is 0.500. The van der Waals surface area contributed by atoms with E-state index in [1.54, 1.807) is 4.57 Å². The fourth-order valence-electron chi connectivity index (χ4n) is 2.30. The molecule has 1 aliphatic heterocycles. The van der Waals surface area contributed by atoms with Crippen molar-refractivity contribution in [2.24, 2.45) is 0 Å². The van der Waals surface area contributed by atoms with Crippen molar-refractivity contribution in [3.05, 3.63) is 12.7 Å². The van der Waals surface area contributed by atoms with Gasteiger partial charge in [-0.05, 0) is 0 Å². The Labute approximate surface area is 112 Å². The van der Waals surface area contributed by atoms with Gasteiger partial charge in [0.05, 0.1) is 12.4 Å². The van der Waals surface area contributed by atoms with Crippen molar-refractivity contribution in [1.82, 2.24) is 19.5 Å². The molecule has 3 rings (SSSR count). The molecule has 0 aromatic carbocycles. The van der Waals surface area contributed by atoms with Gasteiger partial charge in [0, 0.05) is 6.42 Å². The van der Waals surface area contributed by atoms with Crippen LogP contribution in [-0.4, -0.2) is 48.8 Å². The zero-order valence-electron chi connectivity index (χ0n) is 10.3. The Morgan fingerprint density at radius 2 is 2.25 bits per heavy atom. The molecule has 108 valence electrons. The van der Waals surface area contributed by atoms with Crippen molar-refractivity contribution >= 4 is 17.0 Å². The molecule has 3 heterocycles. The number of nitrogens with zero attached hydrogens (tertiary/aromatic N) is 4. The highest BCUT2D eigenvalue weighted by molar-refractivity contribution is 5.81. The van der Waals surface area contributed by atoms with E-state index < -0.39 is 18.4 Å². The van der Waals surface area contributed by atoms with Crippen molar-refractivity contribution in [2.75, 3.05) is 12.3 Å². The normalized spacial score (nSPS) is 26.4. The predicted octanol–water partition coefficient (Wildman–Crippen LogP) is 0.0438. The molecular formula is C10H13N5O5. The van der Waals surface area contributed by atoms with Gasteiger partial charge < -0.3 is 10.5 Å². The topological polar surface area (TPSA) is 138 Å². The summed E-state index contributed by atoms with van der Waals surface area (Å²) >= 11 is 0. The van der Waals surface area contributed by atoms with Gasteiger partial charge in [0.25, 0.3) is 0 Å². The first-order chi connectivity index (χ1) is 9.74. The number of hydrogen-bond donors (Lipinski definition) is 3. The minimum atomic E-state index is -0.653. The van der Waals surface area contributed by atoms with Gasteiger partial charge in [-0.3, -0.25) is 15.1 Å². The molecule has 4 N–H and O–H groups in total. The molecule has 2 aromatic heterocycles. The molecule has 1 aliphatic rings. The van der Waals surface area contributed by atoms with E-state index in [9.17, 15) is 0 Å².